The van der Waals surface area contributed by atoms with Gasteiger partial charge in [0.2, 0.25) is 0 Å². The lowest BCUT2D eigenvalue weighted by molar-refractivity contribution is -0.176. The van der Waals surface area contributed by atoms with Gasteiger partial charge < -0.3 is 15.4 Å². The van der Waals surface area contributed by atoms with E-state index in [2.05, 4.69) is 20.4 Å². The minimum absolute atomic E-state index is 0. The molecule has 0 saturated heterocycles. The predicted octanol–water partition coefficient (Wildman–Crippen LogP) is 5.01. The molecule has 2 rings (SSSR count). The Morgan fingerprint density at radius 1 is 1.11 bits per heavy atom. The fraction of sp³-hybridized carbons (Fsp3) is 0.389. The molecule has 0 unspecified atom stereocenters. The molecule has 28 heavy (non-hydrogen) atoms. The van der Waals surface area contributed by atoms with E-state index in [1.165, 1.54) is 4.88 Å². The van der Waals surface area contributed by atoms with E-state index in [1.54, 1.807) is 30.5 Å². The zero-order valence-corrected chi connectivity index (χ0v) is 19.1. The number of thiophene rings is 1. The van der Waals surface area contributed by atoms with Gasteiger partial charge >= 0.3 is 6.18 Å². The lowest BCUT2D eigenvalue weighted by atomic mass is 10.1. The molecule has 0 bridgehead atoms. The number of guanidine groups is 1. The van der Waals surface area contributed by atoms with Crippen molar-refractivity contribution < 1.29 is 17.9 Å². The maximum atomic E-state index is 12.1. The van der Waals surface area contributed by atoms with Gasteiger partial charge in [-0.15, -0.1) is 35.3 Å². The van der Waals surface area contributed by atoms with Crippen LogP contribution >= 0.6 is 46.9 Å². The van der Waals surface area contributed by atoms with Gasteiger partial charge in [-0.05, 0) is 29.7 Å². The van der Waals surface area contributed by atoms with Crippen molar-refractivity contribution >= 4 is 52.9 Å². The van der Waals surface area contributed by atoms with E-state index in [4.69, 9.17) is 11.6 Å². The normalized spacial score (nSPS) is 11.8. The second-order valence-electron chi connectivity index (χ2n) is 5.73. The average molecular weight is 548 g/mol. The maximum absolute atomic E-state index is 12.1. The van der Waals surface area contributed by atoms with E-state index < -0.39 is 12.8 Å². The van der Waals surface area contributed by atoms with Crippen LogP contribution in [0.2, 0.25) is 4.34 Å². The molecule has 0 spiro atoms. The number of hydrogen-bond donors (Lipinski definition) is 2. The van der Waals surface area contributed by atoms with Crippen molar-refractivity contribution in [2.45, 2.75) is 25.7 Å². The number of benzene rings is 1. The number of rotatable bonds is 8. The van der Waals surface area contributed by atoms with Crippen LogP contribution in [-0.2, 0) is 24.3 Å². The number of aliphatic imine (C=N–C) groups is 1. The molecule has 1 heterocycles. The van der Waals surface area contributed by atoms with Crippen molar-refractivity contribution in [1.29, 1.82) is 0 Å². The molecule has 10 heteroatoms. The summed E-state index contributed by atoms with van der Waals surface area (Å²) in [4.78, 5) is 5.37. The molecule has 1 aromatic heterocycles. The summed E-state index contributed by atoms with van der Waals surface area (Å²) in [6.07, 6.45) is -3.45. The fourth-order valence-corrected chi connectivity index (χ4v) is 3.32. The summed E-state index contributed by atoms with van der Waals surface area (Å²) in [6.45, 7) is -0.0284. The van der Waals surface area contributed by atoms with Gasteiger partial charge in [0.25, 0.3) is 0 Å². The SMILES string of the molecule is CN=C(NCCc1ccc(Cl)s1)NCc1ccc(COCC(F)(F)F)cc1.I. The Morgan fingerprint density at radius 3 is 2.36 bits per heavy atom. The summed E-state index contributed by atoms with van der Waals surface area (Å²) in [6, 6.07) is 11.1. The lowest BCUT2D eigenvalue weighted by Crippen LogP contribution is -2.37. The van der Waals surface area contributed by atoms with Crippen molar-refractivity contribution in [2.24, 2.45) is 4.99 Å². The highest BCUT2D eigenvalue weighted by Gasteiger charge is 2.27. The Balaban J connectivity index is 0.00000392. The van der Waals surface area contributed by atoms with Gasteiger partial charge in [-0.25, -0.2) is 0 Å². The van der Waals surface area contributed by atoms with Crippen LogP contribution in [0.25, 0.3) is 0 Å². The number of halogens is 5. The van der Waals surface area contributed by atoms with Crippen molar-refractivity contribution in [2.75, 3.05) is 20.2 Å². The monoisotopic (exact) mass is 547 g/mol. The van der Waals surface area contributed by atoms with Crippen molar-refractivity contribution in [3.05, 3.63) is 56.7 Å². The van der Waals surface area contributed by atoms with Gasteiger partial charge in [0.15, 0.2) is 5.96 Å². The third-order valence-electron chi connectivity index (χ3n) is 3.53. The van der Waals surface area contributed by atoms with Crippen molar-refractivity contribution in [1.82, 2.24) is 10.6 Å². The highest BCUT2D eigenvalue weighted by atomic mass is 127. The Bertz CT molecular complexity index is 738. The molecule has 0 aliphatic heterocycles. The van der Waals surface area contributed by atoms with E-state index in [-0.39, 0.29) is 30.6 Å². The topological polar surface area (TPSA) is 45.7 Å². The molecule has 0 atom stereocenters. The smallest absolute Gasteiger partial charge is 0.367 e. The van der Waals surface area contributed by atoms with E-state index in [0.29, 0.717) is 18.1 Å². The minimum Gasteiger partial charge on any atom is -0.367 e. The summed E-state index contributed by atoms with van der Waals surface area (Å²) in [5.74, 6) is 0.676. The zero-order chi connectivity index (χ0) is 19.7. The maximum Gasteiger partial charge on any atom is 0.411 e. The van der Waals surface area contributed by atoms with Crippen LogP contribution in [0.4, 0.5) is 13.2 Å². The molecular weight excluding hydrogens is 526 g/mol. The second kappa shape index (κ2) is 12.5. The van der Waals surface area contributed by atoms with Crippen molar-refractivity contribution in [3.63, 3.8) is 0 Å². The van der Waals surface area contributed by atoms with Gasteiger partial charge in [-0.1, -0.05) is 35.9 Å². The van der Waals surface area contributed by atoms with Gasteiger partial charge in [0, 0.05) is 25.0 Å². The molecular formula is C18H22ClF3IN3OS. The molecule has 0 aliphatic carbocycles. The molecule has 2 N–H and O–H groups in total. The third-order valence-corrected chi connectivity index (χ3v) is 4.82. The van der Waals surface area contributed by atoms with E-state index in [0.717, 1.165) is 22.9 Å². The third kappa shape index (κ3) is 9.94. The standard InChI is InChI=1S/C18H21ClF3N3OS.HI/c1-23-17(24-9-8-15-6-7-16(19)27-15)25-10-13-2-4-14(5-3-13)11-26-12-18(20,21)22;/h2-7H,8-12H2,1H3,(H2,23,24,25);1H. The summed E-state index contributed by atoms with van der Waals surface area (Å²) < 4.78 is 41.6. The molecule has 0 saturated carbocycles. The van der Waals surface area contributed by atoms with Gasteiger partial charge in [0.1, 0.15) is 6.61 Å². The fourth-order valence-electron chi connectivity index (χ4n) is 2.23. The molecule has 0 radical (unpaired) electrons. The lowest BCUT2D eigenvalue weighted by Gasteiger charge is -2.12. The van der Waals surface area contributed by atoms with Crippen LogP contribution in [0.5, 0.6) is 0 Å². The number of ether oxygens (including phenoxy) is 1. The quantitative estimate of drug-likeness (QED) is 0.278. The molecule has 4 nitrogen and oxygen atoms in total. The summed E-state index contributed by atoms with van der Waals surface area (Å²) in [5.41, 5.74) is 1.68. The molecule has 2 aromatic rings. The van der Waals surface area contributed by atoms with Crippen LogP contribution in [0.15, 0.2) is 41.4 Å². The highest BCUT2D eigenvalue weighted by molar-refractivity contribution is 14.0. The number of hydrogen-bond acceptors (Lipinski definition) is 3. The largest absolute Gasteiger partial charge is 0.411 e. The molecule has 156 valence electrons. The average Bonchev–Trinajstić information content (AvgIpc) is 3.03. The first-order chi connectivity index (χ1) is 12.9. The first-order valence-corrected chi connectivity index (χ1v) is 9.46. The van der Waals surface area contributed by atoms with Gasteiger partial charge in [-0.3, -0.25) is 4.99 Å². The van der Waals surface area contributed by atoms with E-state index >= 15 is 0 Å². The Kier molecular flexibility index (Phi) is 11.2. The minimum atomic E-state index is -4.30. The molecule has 0 fully saturated rings. The van der Waals surface area contributed by atoms with Gasteiger partial charge in [0.05, 0.1) is 10.9 Å². The summed E-state index contributed by atoms with van der Waals surface area (Å²) in [7, 11) is 1.69. The number of alkyl halides is 3. The zero-order valence-electron chi connectivity index (χ0n) is 15.2. The molecule has 0 aliphatic rings. The Hall–Kier alpha value is -1.04. The number of nitrogens with one attached hydrogen (secondary N) is 2. The molecule has 1 aromatic carbocycles. The van der Waals surface area contributed by atoms with Gasteiger partial charge in [-0.2, -0.15) is 13.2 Å². The van der Waals surface area contributed by atoms with E-state index in [9.17, 15) is 13.2 Å². The predicted molar refractivity (Wildman–Crippen MR) is 119 cm³/mol. The first kappa shape index (κ1) is 25.0. The van der Waals surface area contributed by atoms with E-state index in [1.807, 2.05) is 24.3 Å². The van der Waals surface area contributed by atoms with Crippen LogP contribution in [-0.4, -0.2) is 32.3 Å². The van der Waals surface area contributed by atoms with Crippen molar-refractivity contribution in [3.8, 4) is 0 Å². The van der Waals surface area contributed by atoms with Crippen LogP contribution < -0.4 is 10.6 Å². The number of nitrogens with zero attached hydrogens (tertiary/aromatic N) is 1. The molecule has 0 amide bonds. The summed E-state index contributed by atoms with van der Waals surface area (Å²) >= 11 is 7.47. The van der Waals surface area contributed by atoms with Crippen LogP contribution in [0.3, 0.4) is 0 Å². The summed E-state index contributed by atoms with van der Waals surface area (Å²) in [5, 5.41) is 6.42. The highest BCUT2D eigenvalue weighted by Crippen LogP contribution is 2.21. The Morgan fingerprint density at radius 2 is 1.79 bits per heavy atom. The van der Waals surface area contributed by atoms with Crippen LogP contribution in [0.1, 0.15) is 16.0 Å². The Labute approximate surface area is 188 Å². The van der Waals surface area contributed by atoms with Crippen LogP contribution in [0, 0.1) is 0 Å². The second-order valence-corrected chi connectivity index (χ2v) is 7.53. The first-order valence-electron chi connectivity index (χ1n) is 8.27.